The lowest BCUT2D eigenvalue weighted by Gasteiger charge is -2.08. The summed E-state index contributed by atoms with van der Waals surface area (Å²) in [6, 6.07) is 1.39. The summed E-state index contributed by atoms with van der Waals surface area (Å²) < 4.78 is 29.8. The quantitative estimate of drug-likeness (QED) is 0.673. The van der Waals surface area contributed by atoms with E-state index in [0.29, 0.717) is 0 Å². The van der Waals surface area contributed by atoms with Gasteiger partial charge in [0.15, 0.2) is 0 Å². The maximum Gasteiger partial charge on any atom is 0.311 e. The normalized spacial score (nSPS) is 10.6. The molecule has 0 unspecified atom stereocenters. The fourth-order valence-corrected chi connectivity index (χ4v) is 1.59. The van der Waals surface area contributed by atoms with E-state index in [0.717, 1.165) is 0 Å². The van der Waals surface area contributed by atoms with Crippen molar-refractivity contribution in [1.82, 2.24) is 4.98 Å². The molecule has 0 aliphatic carbocycles. The highest BCUT2D eigenvalue weighted by atomic mass is 127. The summed E-state index contributed by atoms with van der Waals surface area (Å²) in [6.07, 6.45) is -2.89. The summed E-state index contributed by atoms with van der Waals surface area (Å²) in [5.74, 6) is -0.548. The summed E-state index contributed by atoms with van der Waals surface area (Å²) in [5, 5.41) is 0. The lowest BCUT2D eigenvalue weighted by molar-refractivity contribution is -0.139. The molecule has 0 aliphatic rings. The number of nitrogens with two attached hydrogens (primary N) is 1. The number of methoxy groups -OCH3 is 1. The van der Waals surface area contributed by atoms with E-state index in [2.05, 4.69) is 9.72 Å². The van der Waals surface area contributed by atoms with Gasteiger partial charge in [-0.2, -0.15) is 0 Å². The Morgan fingerprint density at radius 3 is 2.81 bits per heavy atom. The van der Waals surface area contributed by atoms with E-state index in [9.17, 15) is 13.6 Å². The number of alkyl halides is 2. The number of carbonyl (C=O) groups excluding carboxylic acids is 1. The van der Waals surface area contributed by atoms with Crippen LogP contribution >= 0.6 is 22.6 Å². The third-order valence-corrected chi connectivity index (χ3v) is 3.00. The van der Waals surface area contributed by atoms with Crippen LogP contribution in [0.15, 0.2) is 6.07 Å². The molecule has 0 saturated carbocycles. The van der Waals surface area contributed by atoms with Gasteiger partial charge in [0.25, 0.3) is 6.43 Å². The molecular weight excluding hydrogens is 333 g/mol. The molecule has 1 aromatic rings. The van der Waals surface area contributed by atoms with Crippen LogP contribution in [0.1, 0.15) is 17.8 Å². The topological polar surface area (TPSA) is 65.2 Å². The fourth-order valence-electron chi connectivity index (χ4n) is 1.08. The van der Waals surface area contributed by atoms with Gasteiger partial charge in [0.05, 0.1) is 22.8 Å². The van der Waals surface area contributed by atoms with Gasteiger partial charge in [-0.3, -0.25) is 4.79 Å². The van der Waals surface area contributed by atoms with Gasteiger partial charge in [-0.15, -0.1) is 0 Å². The first kappa shape index (κ1) is 13.1. The Hall–Kier alpha value is -0.990. The van der Waals surface area contributed by atoms with Gasteiger partial charge in [0, 0.05) is 5.69 Å². The number of nitrogens with zero attached hydrogens (tertiary/aromatic N) is 1. The molecule has 4 nitrogen and oxygen atoms in total. The SMILES string of the molecule is COC(=O)Cc1cc(N)c(I)c(C(F)F)n1. The number of hydrogen-bond acceptors (Lipinski definition) is 4. The average Bonchev–Trinajstić information content (AvgIpc) is 2.22. The predicted molar refractivity (Wildman–Crippen MR) is 62.0 cm³/mol. The molecule has 0 aromatic carbocycles. The summed E-state index contributed by atoms with van der Waals surface area (Å²) in [6.45, 7) is 0. The zero-order valence-electron chi connectivity index (χ0n) is 8.34. The Labute approximate surface area is 104 Å². The van der Waals surface area contributed by atoms with Gasteiger partial charge in [0.1, 0.15) is 5.69 Å². The smallest absolute Gasteiger partial charge is 0.311 e. The van der Waals surface area contributed by atoms with Crippen LogP contribution in [0.5, 0.6) is 0 Å². The van der Waals surface area contributed by atoms with E-state index in [1.165, 1.54) is 13.2 Å². The van der Waals surface area contributed by atoms with Crippen LogP contribution < -0.4 is 5.73 Å². The van der Waals surface area contributed by atoms with Crippen molar-refractivity contribution in [2.75, 3.05) is 12.8 Å². The summed E-state index contributed by atoms with van der Waals surface area (Å²) in [7, 11) is 1.21. The van der Waals surface area contributed by atoms with E-state index >= 15 is 0 Å². The number of halogens is 3. The number of aromatic nitrogens is 1. The molecule has 0 amide bonds. The van der Waals surface area contributed by atoms with E-state index in [-0.39, 0.29) is 21.4 Å². The molecule has 0 saturated heterocycles. The van der Waals surface area contributed by atoms with Crippen LogP contribution in [0, 0.1) is 3.57 Å². The van der Waals surface area contributed by atoms with Gasteiger partial charge >= 0.3 is 5.97 Å². The Morgan fingerprint density at radius 1 is 1.69 bits per heavy atom. The second-order valence-corrected chi connectivity index (χ2v) is 4.03. The zero-order chi connectivity index (χ0) is 12.3. The van der Waals surface area contributed by atoms with Crippen molar-refractivity contribution in [3.8, 4) is 0 Å². The van der Waals surface area contributed by atoms with Gasteiger partial charge in [-0.05, 0) is 28.7 Å². The molecule has 1 rings (SSSR count). The average molecular weight is 342 g/mol. The number of esters is 1. The first-order chi connectivity index (χ1) is 7.45. The lowest BCUT2D eigenvalue weighted by atomic mass is 10.2. The highest BCUT2D eigenvalue weighted by Gasteiger charge is 2.18. The molecule has 0 bridgehead atoms. The van der Waals surface area contributed by atoms with Crippen LogP contribution in [0.3, 0.4) is 0 Å². The molecule has 1 heterocycles. The Balaban J connectivity index is 3.09. The third kappa shape index (κ3) is 3.00. The first-order valence-corrected chi connectivity index (χ1v) is 5.33. The number of nitrogen functional groups attached to an aromatic ring is 1. The third-order valence-electron chi connectivity index (χ3n) is 1.82. The molecular formula is C9H9F2IN2O2. The molecule has 1 aromatic heterocycles. The van der Waals surface area contributed by atoms with Crippen molar-refractivity contribution in [3.63, 3.8) is 0 Å². The van der Waals surface area contributed by atoms with E-state index in [4.69, 9.17) is 5.73 Å². The minimum absolute atomic E-state index is 0.169. The summed E-state index contributed by atoms with van der Waals surface area (Å²) in [5.41, 5.74) is 5.51. The van der Waals surface area contributed by atoms with Gasteiger partial charge in [0.2, 0.25) is 0 Å². The van der Waals surface area contributed by atoms with Crippen molar-refractivity contribution in [2.45, 2.75) is 12.8 Å². The zero-order valence-corrected chi connectivity index (χ0v) is 10.5. The number of ether oxygens (including phenoxy) is 1. The largest absolute Gasteiger partial charge is 0.469 e. The summed E-state index contributed by atoms with van der Waals surface area (Å²) in [4.78, 5) is 14.6. The Bertz CT molecular complexity index is 413. The number of hydrogen-bond donors (Lipinski definition) is 1. The van der Waals surface area contributed by atoms with Crippen LogP contribution in [0.25, 0.3) is 0 Å². The number of pyridine rings is 1. The molecule has 0 fully saturated rings. The lowest BCUT2D eigenvalue weighted by Crippen LogP contribution is -2.10. The highest BCUT2D eigenvalue weighted by Crippen LogP contribution is 2.27. The first-order valence-electron chi connectivity index (χ1n) is 4.25. The minimum atomic E-state index is -2.72. The van der Waals surface area contributed by atoms with Gasteiger partial charge < -0.3 is 10.5 Å². The molecule has 7 heteroatoms. The van der Waals surface area contributed by atoms with Crippen LogP contribution in [0.4, 0.5) is 14.5 Å². The monoisotopic (exact) mass is 342 g/mol. The molecule has 0 radical (unpaired) electrons. The number of anilines is 1. The second kappa shape index (κ2) is 5.37. The molecule has 88 valence electrons. The number of carbonyl (C=O) groups is 1. The van der Waals surface area contributed by atoms with Crippen LogP contribution in [-0.2, 0) is 16.0 Å². The standard InChI is InChI=1S/C9H9F2IN2O2/c1-16-6(15)3-4-2-5(13)7(12)8(14-4)9(10)11/h2,9H,3H2,1H3,(H2,13,14). The van der Waals surface area contributed by atoms with E-state index in [1.807, 2.05) is 0 Å². The highest BCUT2D eigenvalue weighted by molar-refractivity contribution is 14.1. The van der Waals surface area contributed by atoms with Gasteiger partial charge in [-0.25, -0.2) is 13.8 Å². The molecule has 16 heavy (non-hydrogen) atoms. The second-order valence-electron chi connectivity index (χ2n) is 2.96. The van der Waals surface area contributed by atoms with Crippen LogP contribution in [-0.4, -0.2) is 18.1 Å². The maximum atomic E-state index is 12.6. The van der Waals surface area contributed by atoms with E-state index < -0.39 is 18.1 Å². The predicted octanol–water partition coefficient (Wildman–Crippen LogP) is 1.92. The molecule has 0 aliphatic heterocycles. The molecule has 0 spiro atoms. The van der Waals surface area contributed by atoms with Crippen molar-refractivity contribution in [3.05, 3.63) is 21.0 Å². The summed E-state index contributed by atoms with van der Waals surface area (Å²) >= 11 is 1.70. The maximum absolute atomic E-state index is 12.6. The minimum Gasteiger partial charge on any atom is -0.469 e. The molecule has 2 N–H and O–H groups in total. The van der Waals surface area contributed by atoms with Crippen molar-refractivity contribution >= 4 is 34.2 Å². The van der Waals surface area contributed by atoms with Crippen LogP contribution in [0.2, 0.25) is 0 Å². The van der Waals surface area contributed by atoms with Crippen molar-refractivity contribution in [2.24, 2.45) is 0 Å². The van der Waals surface area contributed by atoms with Crippen molar-refractivity contribution in [1.29, 1.82) is 0 Å². The van der Waals surface area contributed by atoms with Crippen molar-refractivity contribution < 1.29 is 18.3 Å². The Morgan fingerprint density at radius 2 is 2.31 bits per heavy atom. The molecule has 0 atom stereocenters. The van der Waals surface area contributed by atoms with Gasteiger partial charge in [-0.1, -0.05) is 0 Å². The number of rotatable bonds is 3. The Kier molecular flexibility index (Phi) is 4.39. The fraction of sp³-hybridized carbons (Fsp3) is 0.333. The van der Waals surface area contributed by atoms with E-state index in [1.54, 1.807) is 22.6 Å².